The van der Waals surface area contributed by atoms with Gasteiger partial charge in [-0.05, 0) is 33.6 Å². The molecule has 0 bridgehead atoms. The zero-order chi connectivity index (χ0) is 13.9. The molecule has 1 heterocycles. The van der Waals surface area contributed by atoms with Crippen LogP contribution in [-0.2, 0) is 9.47 Å². The lowest BCUT2D eigenvalue weighted by Gasteiger charge is -2.34. The highest BCUT2D eigenvalue weighted by Gasteiger charge is 2.15. The van der Waals surface area contributed by atoms with Crippen molar-refractivity contribution in [2.24, 2.45) is 0 Å². The smallest absolute Gasteiger partial charge is 0.0518 e. The standard InChI is InChI=1S/C15H32N2O2/c1-4-18-13-5-7-16-9-11-17(12-10-16)8-6-14-19-15(2)3/h15H,4-14H2,1-3H3. The number of hydrogen-bond donors (Lipinski definition) is 0. The minimum Gasteiger partial charge on any atom is -0.382 e. The van der Waals surface area contributed by atoms with Gasteiger partial charge in [-0.15, -0.1) is 0 Å². The lowest BCUT2D eigenvalue weighted by Crippen LogP contribution is -2.47. The number of piperazine rings is 1. The van der Waals surface area contributed by atoms with E-state index in [4.69, 9.17) is 9.47 Å². The van der Waals surface area contributed by atoms with Crippen LogP contribution in [0.25, 0.3) is 0 Å². The molecule has 0 aromatic carbocycles. The molecule has 0 spiro atoms. The van der Waals surface area contributed by atoms with E-state index in [0.717, 1.165) is 32.7 Å². The Hall–Kier alpha value is -0.160. The second kappa shape index (κ2) is 10.6. The Morgan fingerprint density at radius 2 is 1.42 bits per heavy atom. The van der Waals surface area contributed by atoms with Gasteiger partial charge in [-0.2, -0.15) is 0 Å². The van der Waals surface area contributed by atoms with Crippen molar-refractivity contribution in [2.75, 3.05) is 59.1 Å². The zero-order valence-corrected chi connectivity index (χ0v) is 13.1. The third kappa shape index (κ3) is 8.58. The summed E-state index contributed by atoms with van der Waals surface area (Å²) >= 11 is 0. The monoisotopic (exact) mass is 272 g/mol. The molecule has 4 nitrogen and oxygen atoms in total. The SMILES string of the molecule is CCOCCCN1CCN(CCCOC(C)C)CC1. The zero-order valence-electron chi connectivity index (χ0n) is 13.1. The van der Waals surface area contributed by atoms with Crippen LogP contribution < -0.4 is 0 Å². The third-order valence-electron chi connectivity index (χ3n) is 3.50. The Morgan fingerprint density at radius 3 is 1.89 bits per heavy atom. The molecule has 1 aliphatic rings. The van der Waals surface area contributed by atoms with Crippen LogP contribution in [0.3, 0.4) is 0 Å². The van der Waals surface area contributed by atoms with Gasteiger partial charge in [0.2, 0.25) is 0 Å². The van der Waals surface area contributed by atoms with Crippen molar-refractivity contribution in [3.8, 4) is 0 Å². The van der Waals surface area contributed by atoms with Crippen molar-refractivity contribution in [3.63, 3.8) is 0 Å². The van der Waals surface area contributed by atoms with E-state index in [-0.39, 0.29) is 0 Å². The maximum atomic E-state index is 5.58. The molecule has 1 aliphatic heterocycles. The molecular weight excluding hydrogens is 240 g/mol. The normalized spacial score (nSPS) is 18.3. The van der Waals surface area contributed by atoms with Gasteiger partial charge in [-0.3, -0.25) is 0 Å². The van der Waals surface area contributed by atoms with Gasteiger partial charge in [0.05, 0.1) is 6.10 Å². The van der Waals surface area contributed by atoms with Crippen molar-refractivity contribution in [1.29, 1.82) is 0 Å². The summed E-state index contributed by atoms with van der Waals surface area (Å²) in [6, 6.07) is 0. The number of nitrogens with zero attached hydrogens (tertiary/aromatic N) is 2. The van der Waals surface area contributed by atoms with Crippen molar-refractivity contribution >= 4 is 0 Å². The summed E-state index contributed by atoms with van der Waals surface area (Å²) in [5.41, 5.74) is 0. The van der Waals surface area contributed by atoms with Gasteiger partial charge in [0, 0.05) is 59.1 Å². The number of rotatable bonds is 10. The molecule has 19 heavy (non-hydrogen) atoms. The van der Waals surface area contributed by atoms with Crippen LogP contribution >= 0.6 is 0 Å². The molecule has 1 saturated heterocycles. The molecule has 0 atom stereocenters. The van der Waals surface area contributed by atoms with E-state index in [1.807, 2.05) is 0 Å². The fourth-order valence-electron chi connectivity index (χ4n) is 2.38. The minimum atomic E-state index is 0.363. The quantitative estimate of drug-likeness (QED) is 0.567. The molecule has 0 N–H and O–H groups in total. The van der Waals surface area contributed by atoms with Crippen molar-refractivity contribution < 1.29 is 9.47 Å². The van der Waals surface area contributed by atoms with E-state index in [1.165, 1.54) is 39.3 Å². The summed E-state index contributed by atoms with van der Waals surface area (Å²) in [5.74, 6) is 0. The first kappa shape index (κ1) is 16.9. The molecule has 1 rings (SSSR count). The highest BCUT2D eigenvalue weighted by Crippen LogP contribution is 2.04. The predicted octanol–water partition coefficient (Wildman–Crippen LogP) is 1.85. The Kier molecular flexibility index (Phi) is 9.43. The van der Waals surface area contributed by atoms with Crippen LogP contribution in [0.15, 0.2) is 0 Å². The van der Waals surface area contributed by atoms with E-state index in [1.54, 1.807) is 0 Å². The highest BCUT2D eigenvalue weighted by atomic mass is 16.5. The van der Waals surface area contributed by atoms with Crippen LogP contribution in [-0.4, -0.2) is 75.0 Å². The van der Waals surface area contributed by atoms with E-state index in [0.29, 0.717) is 6.10 Å². The Balaban J connectivity index is 1.96. The van der Waals surface area contributed by atoms with Gasteiger partial charge in [0.25, 0.3) is 0 Å². The molecule has 0 aromatic heterocycles. The minimum absolute atomic E-state index is 0.363. The Morgan fingerprint density at radius 1 is 0.895 bits per heavy atom. The average molecular weight is 272 g/mol. The largest absolute Gasteiger partial charge is 0.382 e. The Bertz CT molecular complexity index is 204. The maximum Gasteiger partial charge on any atom is 0.0518 e. The average Bonchev–Trinajstić information content (AvgIpc) is 2.41. The van der Waals surface area contributed by atoms with E-state index in [9.17, 15) is 0 Å². The third-order valence-corrected chi connectivity index (χ3v) is 3.50. The molecular formula is C15H32N2O2. The van der Waals surface area contributed by atoms with Crippen LogP contribution in [0.2, 0.25) is 0 Å². The summed E-state index contributed by atoms with van der Waals surface area (Å²) in [5, 5.41) is 0. The van der Waals surface area contributed by atoms with Gasteiger partial charge in [-0.1, -0.05) is 0 Å². The van der Waals surface area contributed by atoms with E-state index in [2.05, 4.69) is 30.6 Å². The second-order valence-corrected chi connectivity index (χ2v) is 5.51. The molecule has 0 unspecified atom stereocenters. The summed E-state index contributed by atoms with van der Waals surface area (Å²) in [6.07, 6.45) is 2.68. The summed E-state index contributed by atoms with van der Waals surface area (Å²) in [4.78, 5) is 5.11. The van der Waals surface area contributed by atoms with Gasteiger partial charge in [0.1, 0.15) is 0 Å². The van der Waals surface area contributed by atoms with Crippen LogP contribution in [0.4, 0.5) is 0 Å². The highest BCUT2D eigenvalue weighted by molar-refractivity contribution is 4.71. The summed E-state index contributed by atoms with van der Waals surface area (Å²) in [6.45, 7) is 16.1. The van der Waals surface area contributed by atoms with Crippen LogP contribution in [0.1, 0.15) is 33.6 Å². The lowest BCUT2D eigenvalue weighted by atomic mass is 10.2. The molecule has 0 aromatic rings. The first-order valence-corrected chi connectivity index (χ1v) is 7.86. The molecule has 0 aliphatic carbocycles. The lowest BCUT2D eigenvalue weighted by molar-refractivity contribution is 0.0622. The van der Waals surface area contributed by atoms with Crippen LogP contribution in [0.5, 0.6) is 0 Å². The predicted molar refractivity (Wildman–Crippen MR) is 79.7 cm³/mol. The fourth-order valence-corrected chi connectivity index (χ4v) is 2.38. The second-order valence-electron chi connectivity index (χ2n) is 5.51. The van der Waals surface area contributed by atoms with Crippen LogP contribution in [0, 0.1) is 0 Å². The molecule has 114 valence electrons. The van der Waals surface area contributed by atoms with Crippen molar-refractivity contribution in [1.82, 2.24) is 9.80 Å². The van der Waals surface area contributed by atoms with Gasteiger partial charge in [0.15, 0.2) is 0 Å². The Labute approximate surface area is 119 Å². The molecule has 1 fully saturated rings. The maximum absolute atomic E-state index is 5.58. The molecule has 4 heteroatoms. The topological polar surface area (TPSA) is 24.9 Å². The molecule has 0 amide bonds. The fraction of sp³-hybridized carbons (Fsp3) is 1.00. The number of hydrogen-bond acceptors (Lipinski definition) is 4. The van der Waals surface area contributed by atoms with Gasteiger partial charge in [-0.25, -0.2) is 0 Å². The molecule has 0 radical (unpaired) electrons. The van der Waals surface area contributed by atoms with E-state index < -0.39 is 0 Å². The number of ether oxygens (including phenoxy) is 2. The van der Waals surface area contributed by atoms with E-state index >= 15 is 0 Å². The van der Waals surface area contributed by atoms with Crippen molar-refractivity contribution in [3.05, 3.63) is 0 Å². The first-order valence-electron chi connectivity index (χ1n) is 7.86. The van der Waals surface area contributed by atoms with Crippen molar-refractivity contribution in [2.45, 2.75) is 39.7 Å². The molecule has 0 saturated carbocycles. The van der Waals surface area contributed by atoms with Gasteiger partial charge < -0.3 is 19.3 Å². The summed E-state index contributed by atoms with van der Waals surface area (Å²) < 4.78 is 11.0. The summed E-state index contributed by atoms with van der Waals surface area (Å²) in [7, 11) is 0. The van der Waals surface area contributed by atoms with Gasteiger partial charge >= 0.3 is 0 Å². The first-order chi connectivity index (χ1) is 9.22.